The second-order valence-electron chi connectivity index (χ2n) is 4.44. The van der Waals surface area contributed by atoms with Gasteiger partial charge in [-0.1, -0.05) is 0 Å². The highest BCUT2D eigenvalue weighted by atomic mass is 32.2. The molecule has 6 nitrogen and oxygen atoms in total. The zero-order valence-electron chi connectivity index (χ0n) is 10.9. The summed E-state index contributed by atoms with van der Waals surface area (Å²) in [6.45, 7) is 0.0135. The van der Waals surface area contributed by atoms with Crippen LogP contribution in [0.5, 0.6) is 0 Å². The van der Waals surface area contributed by atoms with E-state index in [-0.39, 0.29) is 23.6 Å². The van der Waals surface area contributed by atoms with Crippen molar-refractivity contribution in [3.63, 3.8) is 0 Å². The number of sulfonamides is 1. The molecule has 21 heavy (non-hydrogen) atoms. The molecule has 1 fully saturated rings. The fourth-order valence-corrected chi connectivity index (χ4v) is 2.55. The normalized spacial score (nSPS) is 19.2. The molecular formula is C11H12F3N3O3S. The molecule has 0 bridgehead atoms. The molecule has 1 aliphatic heterocycles. The molecular weight excluding hydrogens is 311 g/mol. The molecule has 1 saturated heterocycles. The first kappa shape index (κ1) is 15.7. The van der Waals surface area contributed by atoms with Crippen molar-refractivity contribution >= 4 is 15.9 Å². The van der Waals surface area contributed by atoms with Crippen molar-refractivity contribution in [1.29, 1.82) is 0 Å². The Morgan fingerprint density at radius 2 is 2.10 bits per heavy atom. The smallest absolute Gasteiger partial charge is 0.326 e. The summed E-state index contributed by atoms with van der Waals surface area (Å²) >= 11 is 0. The summed E-state index contributed by atoms with van der Waals surface area (Å²) in [5.74, 6) is -0.815. The SMILES string of the molecule is CNS(=O)(=O)c1ccc(C(=O)N2CC[C@@H]2C(F)(F)F)cn1. The number of nitrogens with one attached hydrogen (secondary N) is 1. The first-order chi connectivity index (χ1) is 9.66. The van der Waals surface area contributed by atoms with E-state index in [9.17, 15) is 26.4 Å². The van der Waals surface area contributed by atoms with E-state index in [0.29, 0.717) is 4.90 Å². The van der Waals surface area contributed by atoms with Gasteiger partial charge in [-0.25, -0.2) is 18.1 Å². The van der Waals surface area contributed by atoms with Gasteiger partial charge in [-0.15, -0.1) is 0 Å². The van der Waals surface area contributed by atoms with Gasteiger partial charge in [0.15, 0.2) is 5.03 Å². The Labute approximate surface area is 119 Å². The van der Waals surface area contributed by atoms with Crippen molar-refractivity contribution in [1.82, 2.24) is 14.6 Å². The molecule has 1 amide bonds. The number of aromatic nitrogens is 1. The number of hydrogen-bond acceptors (Lipinski definition) is 4. The van der Waals surface area contributed by atoms with E-state index >= 15 is 0 Å². The summed E-state index contributed by atoms with van der Waals surface area (Å²) in [6.07, 6.45) is -3.63. The third kappa shape index (κ3) is 3.00. The van der Waals surface area contributed by atoms with Crippen LogP contribution in [-0.4, -0.2) is 50.0 Å². The van der Waals surface area contributed by atoms with Gasteiger partial charge in [0.2, 0.25) is 0 Å². The second-order valence-corrected chi connectivity index (χ2v) is 6.27. The van der Waals surface area contributed by atoms with E-state index in [4.69, 9.17) is 0 Å². The second kappa shape index (κ2) is 5.26. The highest BCUT2D eigenvalue weighted by Crippen LogP contribution is 2.34. The Kier molecular flexibility index (Phi) is 3.93. The van der Waals surface area contributed by atoms with Gasteiger partial charge < -0.3 is 4.90 Å². The third-order valence-corrected chi connectivity index (χ3v) is 4.52. The number of likely N-dealkylation sites (tertiary alicyclic amines) is 1. The summed E-state index contributed by atoms with van der Waals surface area (Å²) in [5, 5.41) is -0.308. The Bertz CT molecular complexity index is 643. The standard InChI is InChI=1S/C11H12F3N3O3S/c1-15-21(19,20)9-3-2-7(6-16-9)10(18)17-5-4-8(17)11(12,13)14/h2-3,6,8,15H,4-5H2,1H3/t8-/m1/s1. The van der Waals surface area contributed by atoms with E-state index in [0.717, 1.165) is 18.3 Å². The number of alkyl halides is 3. The molecule has 1 N–H and O–H groups in total. The molecule has 1 aromatic rings. The average Bonchev–Trinajstić information content (AvgIpc) is 2.35. The van der Waals surface area contributed by atoms with Crippen molar-refractivity contribution in [2.75, 3.05) is 13.6 Å². The van der Waals surface area contributed by atoms with E-state index in [2.05, 4.69) is 4.98 Å². The minimum atomic E-state index is -4.46. The van der Waals surface area contributed by atoms with Crippen LogP contribution < -0.4 is 4.72 Å². The summed E-state index contributed by atoms with van der Waals surface area (Å²) in [4.78, 5) is 16.2. The zero-order valence-corrected chi connectivity index (χ0v) is 11.7. The molecule has 0 spiro atoms. The highest BCUT2D eigenvalue weighted by molar-refractivity contribution is 7.89. The molecule has 1 aliphatic rings. The molecule has 1 atom stereocenters. The maximum atomic E-state index is 12.6. The van der Waals surface area contributed by atoms with Crippen LogP contribution in [0.4, 0.5) is 13.2 Å². The first-order valence-electron chi connectivity index (χ1n) is 5.94. The Balaban J connectivity index is 2.18. The number of nitrogens with zero attached hydrogens (tertiary/aromatic N) is 2. The molecule has 2 heterocycles. The maximum Gasteiger partial charge on any atom is 0.408 e. The van der Waals surface area contributed by atoms with Crippen molar-refractivity contribution in [2.24, 2.45) is 0 Å². The van der Waals surface area contributed by atoms with Crippen molar-refractivity contribution < 1.29 is 26.4 Å². The van der Waals surface area contributed by atoms with Gasteiger partial charge in [-0.2, -0.15) is 13.2 Å². The minimum absolute atomic E-state index is 0.0135. The van der Waals surface area contributed by atoms with Gasteiger partial charge in [0.25, 0.3) is 15.9 Å². The van der Waals surface area contributed by atoms with Crippen LogP contribution in [-0.2, 0) is 10.0 Å². The fraction of sp³-hybridized carbons (Fsp3) is 0.455. The largest absolute Gasteiger partial charge is 0.408 e. The third-order valence-electron chi connectivity index (χ3n) is 3.19. The van der Waals surface area contributed by atoms with Crippen molar-refractivity contribution in [2.45, 2.75) is 23.7 Å². The Morgan fingerprint density at radius 1 is 1.43 bits per heavy atom. The number of rotatable bonds is 3. The zero-order chi connectivity index (χ0) is 15.8. The summed E-state index contributed by atoms with van der Waals surface area (Å²) in [7, 11) is -2.55. The molecule has 0 radical (unpaired) electrons. The molecule has 0 saturated carbocycles. The number of amides is 1. The van der Waals surface area contributed by atoms with Crippen LogP contribution >= 0.6 is 0 Å². The van der Waals surface area contributed by atoms with Crippen LogP contribution in [0.15, 0.2) is 23.4 Å². The van der Waals surface area contributed by atoms with E-state index < -0.39 is 28.1 Å². The van der Waals surface area contributed by atoms with Gasteiger partial charge in [-0.05, 0) is 25.6 Å². The summed E-state index contributed by atoms with van der Waals surface area (Å²) < 4.78 is 62.7. The van der Waals surface area contributed by atoms with Gasteiger partial charge >= 0.3 is 6.18 Å². The predicted molar refractivity (Wildman–Crippen MR) is 66.0 cm³/mol. The van der Waals surface area contributed by atoms with E-state index in [1.807, 2.05) is 4.72 Å². The van der Waals surface area contributed by atoms with Crippen molar-refractivity contribution in [3.05, 3.63) is 23.9 Å². The molecule has 0 unspecified atom stereocenters. The monoisotopic (exact) mass is 323 g/mol. The van der Waals surface area contributed by atoms with E-state index in [1.165, 1.54) is 7.05 Å². The molecule has 2 rings (SSSR count). The molecule has 10 heteroatoms. The minimum Gasteiger partial charge on any atom is -0.326 e. The first-order valence-corrected chi connectivity index (χ1v) is 7.42. The van der Waals surface area contributed by atoms with Crippen LogP contribution in [0.3, 0.4) is 0 Å². The lowest BCUT2D eigenvalue weighted by Gasteiger charge is -2.41. The van der Waals surface area contributed by atoms with Crippen LogP contribution in [0.1, 0.15) is 16.8 Å². The fourth-order valence-electron chi connectivity index (χ4n) is 1.91. The summed E-state index contributed by atoms with van der Waals surface area (Å²) in [5.41, 5.74) is -0.0843. The quantitative estimate of drug-likeness (QED) is 0.891. The Morgan fingerprint density at radius 3 is 2.48 bits per heavy atom. The summed E-state index contributed by atoms with van der Waals surface area (Å²) in [6, 6.07) is 0.429. The van der Waals surface area contributed by atoms with E-state index in [1.54, 1.807) is 0 Å². The Hall–Kier alpha value is -1.68. The topological polar surface area (TPSA) is 79.4 Å². The lowest BCUT2D eigenvalue weighted by molar-refractivity contribution is -0.199. The van der Waals surface area contributed by atoms with Crippen LogP contribution in [0, 0.1) is 0 Å². The average molecular weight is 323 g/mol. The molecule has 1 aromatic heterocycles. The number of carbonyl (C=O) groups is 1. The number of carbonyl (C=O) groups excluding carboxylic acids is 1. The van der Waals surface area contributed by atoms with Gasteiger partial charge in [0.05, 0.1) is 5.56 Å². The highest BCUT2D eigenvalue weighted by Gasteiger charge is 2.50. The van der Waals surface area contributed by atoms with Crippen molar-refractivity contribution in [3.8, 4) is 0 Å². The lowest BCUT2D eigenvalue weighted by Crippen LogP contribution is -2.58. The van der Waals surface area contributed by atoms with Gasteiger partial charge in [-0.3, -0.25) is 4.79 Å². The van der Waals surface area contributed by atoms with Gasteiger partial charge in [0, 0.05) is 12.7 Å². The number of hydrogen-bond donors (Lipinski definition) is 1. The predicted octanol–water partition coefficient (Wildman–Crippen LogP) is 0.766. The number of halogens is 3. The molecule has 0 aromatic carbocycles. The molecule has 116 valence electrons. The molecule has 0 aliphatic carbocycles. The number of pyridine rings is 1. The maximum absolute atomic E-state index is 12.6. The van der Waals surface area contributed by atoms with Crippen LogP contribution in [0.2, 0.25) is 0 Å². The lowest BCUT2D eigenvalue weighted by atomic mass is 10.0. The van der Waals surface area contributed by atoms with Gasteiger partial charge in [0.1, 0.15) is 6.04 Å². The van der Waals surface area contributed by atoms with Crippen LogP contribution in [0.25, 0.3) is 0 Å².